The summed E-state index contributed by atoms with van der Waals surface area (Å²) in [5.74, 6) is -0.610. The second-order valence-electron chi connectivity index (χ2n) is 8.76. The lowest BCUT2D eigenvalue weighted by Gasteiger charge is -2.11. The summed E-state index contributed by atoms with van der Waals surface area (Å²) < 4.78 is 70.0. The predicted octanol–water partition coefficient (Wildman–Crippen LogP) is 5.08. The Kier molecular flexibility index (Phi) is 7.64. The molecule has 0 saturated carbocycles. The standard InChI is InChI=1S/C28H21F3N6O3S/c29-28(30,31)25-15-24(21-9-5-13-32-17-21)36-37(25)22-11-12-26(33-18-22)35-27(38)20-8-4-10-23(14-20)41(39,40)34-16-19-6-2-1-3-7-19/h1-15,17-18,34H,16H2,(H,33,35,38). The molecule has 0 radical (unpaired) electrons. The molecule has 0 aliphatic carbocycles. The van der Waals surface area contributed by atoms with Crippen molar-refractivity contribution in [2.24, 2.45) is 0 Å². The highest BCUT2D eigenvalue weighted by molar-refractivity contribution is 7.89. The molecule has 0 aliphatic rings. The number of sulfonamides is 1. The highest BCUT2D eigenvalue weighted by atomic mass is 32.2. The number of carbonyl (C=O) groups is 1. The molecule has 208 valence electrons. The molecule has 0 saturated heterocycles. The summed E-state index contributed by atoms with van der Waals surface area (Å²) in [5.41, 5.74) is 0.317. The van der Waals surface area contributed by atoms with Gasteiger partial charge in [0.1, 0.15) is 11.5 Å². The molecule has 0 fully saturated rings. The SMILES string of the molecule is O=C(Nc1ccc(-n2nc(-c3cccnc3)cc2C(F)(F)F)cn1)c1cccc(S(=O)(=O)NCc2ccccc2)c1. The van der Waals surface area contributed by atoms with Crippen LogP contribution in [0.2, 0.25) is 0 Å². The van der Waals surface area contributed by atoms with Gasteiger partial charge in [0, 0.05) is 30.1 Å². The van der Waals surface area contributed by atoms with Crippen LogP contribution in [0.15, 0.2) is 108 Å². The Balaban J connectivity index is 1.32. The molecular weight excluding hydrogens is 557 g/mol. The van der Waals surface area contributed by atoms with Crippen LogP contribution in [-0.4, -0.2) is 34.1 Å². The first kappa shape index (κ1) is 27.7. The second-order valence-corrected chi connectivity index (χ2v) is 10.5. The van der Waals surface area contributed by atoms with Crippen LogP contribution in [0.5, 0.6) is 0 Å². The Morgan fingerprint density at radius 2 is 1.71 bits per heavy atom. The minimum atomic E-state index is -4.69. The number of hydrogen-bond acceptors (Lipinski definition) is 6. The van der Waals surface area contributed by atoms with Crippen molar-refractivity contribution in [2.45, 2.75) is 17.6 Å². The van der Waals surface area contributed by atoms with E-state index < -0.39 is 27.8 Å². The molecule has 3 aromatic heterocycles. The molecule has 2 aromatic carbocycles. The van der Waals surface area contributed by atoms with Crippen LogP contribution < -0.4 is 10.0 Å². The number of amides is 1. The van der Waals surface area contributed by atoms with Crippen LogP contribution in [-0.2, 0) is 22.7 Å². The Morgan fingerprint density at radius 3 is 2.39 bits per heavy atom. The van der Waals surface area contributed by atoms with Crippen molar-refractivity contribution in [3.8, 4) is 16.9 Å². The van der Waals surface area contributed by atoms with E-state index in [1.165, 1.54) is 48.8 Å². The van der Waals surface area contributed by atoms with Gasteiger partial charge in [-0.05, 0) is 54.1 Å². The Labute approximate surface area is 232 Å². The van der Waals surface area contributed by atoms with Crippen LogP contribution >= 0.6 is 0 Å². The second kappa shape index (κ2) is 11.3. The van der Waals surface area contributed by atoms with Crippen LogP contribution in [0.4, 0.5) is 19.0 Å². The monoisotopic (exact) mass is 578 g/mol. The Bertz CT molecular complexity index is 1780. The third-order valence-corrected chi connectivity index (χ3v) is 7.31. The molecule has 0 spiro atoms. The van der Waals surface area contributed by atoms with E-state index in [0.29, 0.717) is 5.56 Å². The minimum absolute atomic E-state index is 0.0167. The number of pyridine rings is 2. The van der Waals surface area contributed by atoms with Gasteiger partial charge in [-0.1, -0.05) is 36.4 Å². The molecule has 0 aliphatic heterocycles. The zero-order chi connectivity index (χ0) is 29.0. The lowest BCUT2D eigenvalue weighted by Crippen LogP contribution is -2.23. The van der Waals surface area contributed by atoms with Gasteiger partial charge >= 0.3 is 6.18 Å². The average molecular weight is 579 g/mol. The summed E-state index contributed by atoms with van der Waals surface area (Å²) in [6.45, 7) is 0.0753. The first-order valence-electron chi connectivity index (χ1n) is 12.1. The van der Waals surface area contributed by atoms with E-state index >= 15 is 0 Å². The first-order valence-corrected chi connectivity index (χ1v) is 13.6. The summed E-state index contributed by atoms with van der Waals surface area (Å²) >= 11 is 0. The van der Waals surface area contributed by atoms with Crippen molar-refractivity contribution in [3.05, 3.63) is 120 Å². The maximum Gasteiger partial charge on any atom is 0.433 e. The number of halogens is 3. The van der Waals surface area contributed by atoms with Crippen molar-refractivity contribution >= 4 is 21.7 Å². The number of carbonyl (C=O) groups excluding carboxylic acids is 1. The van der Waals surface area contributed by atoms with Gasteiger partial charge in [0.05, 0.1) is 22.5 Å². The maximum absolute atomic E-state index is 13.8. The molecule has 13 heteroatoms. The first-order chi connectivity index (χ1) is 19.6. The van der Waals surface area contributed by atoms with E-state index in [-0.39, 0.29) is 34.2 Å². The normalized spacial score (nSPS) is 11.8. The number of alkyl halides is 3. The maximum atomic E-state index is 13.8. The zero-order valence-electron chi connectivity index (χ0n) is 21.1. The van der Waals surface area contributed by atoms with E-state index in [2.05, 4.69) is 25.1 Å². The van der Waals surface area contributed by atoms with Gasteiger partial charge in [-0.25, -0.2) is 22.8 Å². The molecule has 0 bridgehead atoms. The topological polar surface area (TPSA) is 119 Å². The van der Waals surface area contributed by atoms with Gasteiger partial charge in [-0.15, -0.1) is 0 Å². The van der Waals surface area contributed by atoms with Gasteiger partial charge < -0.3 is 5.32 Å². The van der Waals surface area contributed by atoms with Crippen molar-refractivity contribution in [1.82, 2.24) is 24.5 Å². The number of aromatic nitrogens is 4. The number of anilines is 1. The fourth-order valence-electron chi connectivity index (χ4n) is 3.87. The van der Waals surface area contributed by atoms with Crippen molar-refractivity contribution in [1.29, 1.82) is 0 Å². The van der Waals surface area contributed by atoms with E-state index in [0.717, 1.165) is 22.5 Å². The molecule has 0 atom stereocenters. The van der Waals surface area contributed by atoms with Crippen molar-refractivity contribution in [3.63, 3.8) is 0 Å². The Morgan fingerprint density at radius 1 is 0.902 bits per heavy atom. The zero-order valence-corrected chi connectivity index (χ0v) is 21.9. The number of rotatable bonds is 8. The Hall–Kier alpha value is -4.88. The molecule has 1 amide bonds. The van der Waals surface area contributed by atoms with E-state index in [1.807, 2.05) is 6.07 Å². The van der Waals surface area contributed by atoms with Crippen molar-refractivity contribution < 1.29 is 26.4 Å². The summed E-state index contributed by atoms with van der Waals surface area (Å²) in [5, 5.41) is 6.61. The third-order valence-electron chi connectivity index (χ3n) is 5.91. The molecular formula is C28H21F3N6O3S. The van der Waals surface area contributed by atoms with Crippen LogP contribution in [0.1, 0.15) is 21.6 Å². The highest BCUT2D eigenvalue weighted by Gasteiger charge is 2.36. The van der Waals surface area contributed by atoms with Gasteiger partial charge in [0.25, 0.3) is 5.91 Å². The molecule has 5 aromatic rings. The molecule has 2 N–H and O–H groups in total. The van der Waals surface area contributed by atoms with Gasteiger partial charge in [0.2, 0.25) is 10.0 Å². The number of nitrogens with one attached hydrogen (secondary N) is 2. The van der Waals surface area contributed by atoms with Gasteiger partial charge in [-0.3, -0.25) is 9.78 Å². The van der Waals surface area contributed by atoms with Gasteiger partial charge in [0.15, 0.2) is 0 Å². The van der Waals surface area contributed by atoms with Gasteiger partial charge in [-0.2, -0.15) is 18.3 Å². The van der Waals surface area contributed by atoms with E-state index in [4.69, 9.17) is 0 Å². The smallest absolute Gasteiger partial charge is 0.307 e. The third kappa shape index (κ3) is 6.48. The predicted molar refractivity (Wildman–Crippen MR) is 144 cm³/mol. The highest BCUT2D eigenvalue weighted by Crippen LogP contribution is 2.34. The average Bonchev–Trinajstić information content (AvgIpc) is 3.44. The number of hydrogen-bond donors (Lipinski definition) is 2. The van der Waals surface area contributed by atoms with E-state index in [1.54, 1.807) is 36.4 Å². The molecule has 9 nitrogen and oxygen atoms in total. The quantitative estimate of drug-likeness (QED) is 0.265. The lowest BCUT2D eigenvalue weighted by atomic mass is 10.2. The largest absolute Gasteiger partial charge is 0.433 e. The van der Waals surface area contributed by atoms with Crippen LogP contribution in [0.25, 0.3) is 16.9 Å². The summed E-state index contributed by atoms with van der Waals surface area (Å²) in [4.78, 5) is 20.7. The van der Waals surface area contributed by atoms with Crippen LogP contribution in [0.3, 0.4) is 0 Å². The molecule has 0 unspecified atom stereocenters. The van der Waals surface area contributed by atoms with Crippen molar-refractivity contribution in [2.75, 3.05) is 5.32 Å². The van der Waals surface area contributed by atoms with E-state index in [9.17, 15) is 26.4 Å². The van der Waals surface area contributed by atoms with Crippen LogP contribution in [0, 0.1) is 0 Å². The summed E-state index contributed by atoms with van der Waals surface area (Å²) in [6, 6.07) is 21.1. The fourth-order valence-corrected chi connectivity index (χ4v) is 4.93. The number of benzene rings is 2. The molecule has 3 heterocycles. The minimum Gasteiger partial charge on any atom is -0.307 e. The summed E-state index contributed by atoms with van der Waals surface area (Å²) in [7, 11) is -3.91. The molecule has 41 heavy (non-hydrogen) atoms. The lowest BCUT2D eigenvalue weighted by molar-refractivity contribution is -0.142. The fraction of sp³-hybridized carbons (Fsp3) is 0.0714. The summed E-state index contributed by atoms with van der Waals surface area (Å²) in [6.07, 6.45) is -0.648. The number of nitrogens with zero attached hydrogens (tertiary/aromatic N) is 4. The molecule has 5 rings (SSSR count).